The minimum Gasteiger partial charge on any atom is -0.454 e. The topological polar surface area (TPSA) is 71.1 Å². The molecule has 7 heteroatoms. The summed E-state index contributed by atoms with van der Waals surface area (Å²) in [6, 6.07) is 16.4. The second-order valence-corrected chi connectivity index (χ2v) is 8.91. The van der Waals surface area contributed by atoms with Gasteiger partial charge in [0.15, 0.2) is 11.5 Å². The molecule has 2 saturated heterocycles. The number of piperidine rings is 1. The highest BCUT2D eigenvalue weighted by Crippen LogP contribution is 2.33. The summed E-state index contributed by atoms with van der Waals surface area (Å²) in [4.78, 5) is 29.6. The molecule has 1 unspecified atom stereocenters. The highest BCUT2D eigenvalue weighted by Gasteiger charge is 2.35. The molecule has 0 aliphatic carbocycles. The van der Waals surface area contributed by atoms with Gasteiger partial charge in [-0.2, -0.15) is 0 Å². The van der Waals surface area contributed by atoms with Crippen LogP contribution in [0.5, 0.6) is 11.5 Å². The van der Waals surface area contributed by atoms with Gasteiger partial charge in [-0.1, -0.05) is 36.4 Å². The van der Waals surface area contributed by atoms with Crippen LogP contribution in [0.1, 0.15) is 30.4 Å². The second-order valence-electron chi connectivity index (χ2n) is 8.91. The van der Waals surface area contributed by atoms with Crippen LogP contribution in [0.25, 0.3) is 0 Å². The van der Waals surface area contributed by atoms with Crippen LogP contribution in [0.15, 0.2) is 48.5 Å². The zero-order chi connectivity index (χ0) is 21.9. The molecule has 168 valence electrons. The van der Waals surface area contributed by atoms with Crippen molar-refractivity contribution in [3.63, 3.8) is 0 Å². The summed E-state index contributed by atoms with van der Waals surface area (Å²) in [7, 11) is 0. The van der Waals surface area contributed by atoms with Gasteiger partial charge in [-0.15, -0.1) is 0 Å². The van der Waals surface area contributed by atoms with Gasteiger partial charge in [-0.3, -0.25) is 14.5 Å². The predicted octanol–water partition coefficient (Wildman–Crippen LogP) is 2.54. The lowest BCUT2D eigenvalue weighted by Gasteiger charge is -2.32. The van der Waals surface area contributed by atoms with Crippen molar-refractivity contribution in [2.75, 3.05) is 26.4 Å². The monoisotopic (exact) mass is 435 g/mol. The van der Waals surface area contributed by atoms with Crippen molar-refractivity contribution in [2.24, 2.45) is 5.92 Å². The third-order valence-corrected chi connectivity index (χ3v) is 6.58. The quantitative estimate of drug-likeness (QED) is 0.755. The number of nitrogens with zero attached hydrogens (tertiary/aromatic N) is 2. The molecule has 0 aromatic heterocycles. The van der Waals surface area contributed by atoms with Gasteiger partial charge in [-0.25, -0.2) is 0 Å². The van der Waals surface area contributed by atoms with E-state index < -0.39 is 0 Å². The third-order valence-electron chi connectivity index (χ3n) is 6.58. The van der Waals surface area contributed by atoms with Crippen LogP contribution in [0, 0.1) is 5.92 Å². The maximum Gasteiger partial charge on any atom is 0.231 e. The Bertz CT molecular complexity index is 972. The molecule has 2 amide bonds. The lowest BCUT2D eigenvalue weighted by molar-refractivity contribution is -0.129. The lowest BCUT2D eigenvalue weighted by Crippen LogP contribution is -2.46. The average molecular weight is 436 g/mol. The van der Waals surface area contributed by atoms with E-state index in [0.717, 1.165) is 43.8 Å². The SMILES string of the molecule is O=C(NC1CCN(Cc2ccccc2)CC1)C1CC(=O)N(Cc2ccc3c(c2)OCO3)C1. The fourth-order valence-electron chi connectivity index (χ4n) is 4.76. The van der Waals surface area contributed by atoms with E-state index in [4.69, 9.17) is 9.47 Å². The van der Waals surface area contributed by atoms with Gasteiger partial charge < -0.3 is 19.7 Å². The van der Waals surface area contributed by atoms with Crippen LogP contribution in [-0.4, -0.2) is 54.1 Å². The number of rotatable bonds is 6. The first-order chi connectivity index (χ1) is 15.6. The minimum absolute atomic E-state index is 0.00745. The fraction of sp³-hybridized carbons (Fsp3) is 0.440. The molecule has 0 bridgehead atoms. The van der Waals surface area contributed by atoms with Crippen molar-refractivity contribution < 1.29 is 19.1 Å². The van der Waals surface area contributed by atoms with Crippen LogP contribution in [0.3, 0.4) is 0 Å². The van der Waals surface area contributed by atoms with Crippen molar-refractivity contribution in [1.29, 1.82) is 0 Å². The Morgan fingerprint density at radius 1 is 0.969 bits per heavy atom. The number of carbonyl (C=O) groups excluding carboxylic acids is 2. The van der Waals surface area contributed by atoms with Crippen molar-refractivity contribution in [3.05, 3.63) is 59.7 Å². The summed E-state index contributed by atoms with van der Waals surface area (Å²) in [5.41, 5.74) is 2.30. The lowest BCUT2D eigenvalue weighted by atomic mass is 10.0. The Balaban J connectivity index is 1.09. The fourth-order valence-corrected chi connectivity index (χ4v) is 4.76. The van der Waals surface area contributed by atoms with E-state index in [1.165, 1.54) is 5.56 Å². The Labute approximate surface area is 188 Å². The number of carbonyl (C=O) groups is 2. The van der Waals surface area contributed by atoms with Gasteiger partial charge >= 0.3 is 0 Å². The molecule has 3 aliphatic heterocycles. The molecule has 1 N–H and O–H groups in total. The largest absolute Gasteiger partial charge is 0.454 e. The van der Waals surface area contributed by atoms with Crippen LogP contribution >= 0.6 is 0 Å². The molecular formula is C25H29N3O4. The smallest absolute Gasteiger partial charge is 0.231 e. The number of hydrogen-bond donors (Lipinski definition) is 1. The molecule has 2 fully saturated rings. The van der Waals surface area contributed by atoms with Crippen molar-refractivity contribution >= 4 is 11.8 Å². The number of fused-ring (bicyclic) bond motifs is 1. The molecule has 2 aromatic carbocycles. The third kappa shape index (κ3) is 4.72. The van der Waals surface area contributed by atoms with Gasteiger partial charge in [0.1, 0.15) is 0 Å². The van der Waals surface area contributed by atoms with Crippen molar-refractivity contribution in [3.8, 4) is 11.5 Å². The number of nitrogens with one attached hydrogen (secondary N) is 1. The summed E-state index contributed by atoms with van der Waals surface area (Å²) in [6.07, 6.45) is 2.17. The van der Waals surface area contributed by atoms with Crippen LogP contribution in [0.2, 0.25) is 0 Å². The Morgan fingerprint density at radius 3 is 2.56 bits per heavy atom. The van der Waals surface area contributed by atoms with E-state index >= 15 is 0 Å². The molecule has 32 heavy (non-hydrogen) atoms. The van der Waals surface area contributed by atoms with E-state index in [9.17, 15) is 9.59 Å². The molecule has 0 spiro atoms. The highest BCUT2D eigenvalue weighted by molar-refractivity contribution is 5.89. The van der Waals surface area contributed by atoms with Crippen molar-refractivity contribution in [2.45, 2.75) is 38.4 Å². The van der Waals surface area contributed by atoms with Gasteiger partial charge in [0.25, 0.3) is 0 Å². The highest BCUT2D eigenvalue weighted by atomic mass is 16.7. The molecule has 0 radical (unpaired) electrons. The Morgan fingerprint density at radius 2 is 1.75 bits per heavy atom. The molecule has 5 rings (SSSR count). The summed E-state index contributed by atoms with van der Waals surface area (Å²) in [5, 5.41) is 3.20. The maximum absolute atomic E-state index is 12.8. The van der Waals surface area contributed by atoms with E-state index in [2.05, 4.69) is 34.5 Å². The van der Waals surface area contributed by atoms with E-state index in [1.54, 1.807) is 4.90 Å². The van der Waals surface area contributed by atoms with Gasteiger partial charge in [-0.05, 0) is 36.1 Å². The minimum atomic E-state index is -0.279. The van der Waals surface area contributed by atoms with Crippen LogP contribution in [0.4, 0.5) is 0 Å². The zero-order valence-electron chi connectivity index (χ0n) is 18.2. The first-order valence-corrected chi connectivity index (χ1v) is 11.4. The average Bonchev–Trinajstić information content (AvgIpc) is 3.42. The van der Waals surface area contributed by atoms with Gasteiger partial charge in [0.2, 0.25) is 18.6 Å². The normalized spacial score (nSPS) is 21.2. The van der Waals surface area contributed by atoms with E-state index in [-0.39, 0.29) is 37.0 Å². The number of benzene rings is 2. The molecule has 7 nitrogen and oxygen atoms in total. The Hall–Kier alpha value is -3.06. The molecule has 1 atom stereocenters. The number of likely N-dealkylation sites (tertiary alicyclic amines) is 2. The standard InChI is InChI=1S/C25H29N3O4/c29-24-13-20(16-28(24)15-19-6-7-22-23(12-19)32-17-31-22)25(30)26-21-8-10-27(11-9-21)14-18-4-2-1-3-5-18/h1-7,12,20-21H,8-11,13-17H2,(H,26,30). The van der Waals surface area contributed by atoms with E-state index in [1.807, 2.05) is 24.3 Å². The predicted molar refractivity (Wildman–Crippen MR) is 119 cm³/mol. The first-order valence-electron chi connectivity index (χ1n) is 11.4. The molecule has 2 aromatic rings. The van der Waals surface area contributed by atoms with Gasteiger partial charge in [0.05, 0.1) is 5.92 Å². The van der Waals surface area contributed by atoms with Crippen molar-refractivity contribution in [1.82, 2.24) is 15.1 Å². The molecular weight excluding hydrogens is 406 g/mol. The van der Waals surface area contributed by atoms with Gasteiger partial charge in [0, 0.05) is 45.2 Å². The summed E-state index contributed by atoms with van der Waals surface area (Å²) in [6.45, 7) is 4.07. The van der Waals surface area contributed by atoms with E-state index in [0.29, 0.717) is 18.8 Å². The summed E-state index contributed by atoms with van der Waals surface area (Å²) in [5.74, 6) is 1.20. The molecule has 0 saturated carbocycles. The summed E-state index contributed by atoms with van der Waals surface area (Å²) >= 11 is 0. The number of amides is 2. The maximum atomic E-state index is 12.8. The molecule has 3 aliphatic rings. The number of hydrogen-bond acceptors (Lipinski definition) is 5. The second kappa shape index (κ2) is 9.20. The molecule has 3 heterocycles. The van der Waals surface area contributed by atoms with Crippen LogP contribution < -0.4 is 14.8 Å². The summed E-state index contributed by atoms with van der Waals surface area (Å²) < 4.78 is 10.8. The number of ether oxygens (including phenoxy) is 2. The Kier molecular flexibility index (Phi) is 5.99. The van der Waals surface area contributed by atoms with Crippen LogP contribution in [-0.2, 0) is 22.7 Å². The first kappa shape index (κ1) is 20.8. The zero-order valence-corrected chi connectivity index (χ0v) is 18.2.